The average Bonchev–Trinajstić information content (AvgIpc) is 2.55. The molecule has 0 amide bonds. The predicted octanol–water partition coefficient (Wildman–Crippen LogP) is 2.84. The van der Waals surface area contributed by atoms with Crippen molar-refractivity contribution in [2.45, 2.75) is 26.4 Å². The molecule has 15 heavy (non-hydrogen) atoms. The van der Waals surface area contributed by atoms with E-state index in [2.05, 4.69) is 40.9 Å². The first-order valence-corrected chi connectivity index (χ1v) is 5.79. The molecule has 0 saturated carbocycles. The number of halogens is 1. The van der Waals surface area contributed by atoms with Gasteiger partial charge >= 0.3 is 0 Å². The van der Waals surface area contributed by atoms with Gasteiger partial charge in [0.15, 0.2) is 0 Å². The standard InChI is InChI=1S/C11H14BrN3/c1-7(2)15-11(6-13)9-5-8(12)3-4-10(9)14-15/h3-5,7H,6,13H2,1-2H3. The average molecular weight is 268 g/mol. The quantitative estimate of drug-likeness (QED) is 0.910. The lowest BCUT2D eigenvalue weighted by atomic mass is 10.2. The number of hydrogen-bond acceptors (Lipinski definition) is 2. The van der Waals surface area contributed by atoms with E-state index in [-0.39, 0.29) is 0 Å². The fourth-order valence-electron chi connectivity index (χ4n) is 1.76. The van der Waals surface area contributed by atoms with Crippen molar-refractivity contribution in [3.63, 3.8) is 0 Å². The highest BCUT2D eigenvalue weighted by Crippen LogP contribution is 2.24. The van der Waals surface area contributed by atoms with E-state index in [1.807, 2.05) is 16.8 Å². The van der Waals surface area contributed by atoms with Crippen molar-refractivity contribution in [1.82, 2.24) is 9.78 Å². The second kappa shape index (κ2) is 3.94. The molecule has 0 aliphatic heterocycles. The van der Waals surface area contributed by atoms with Gasteiger partial charge in [-0.25, -0.2) is 0 Å². The first-order chi connectivity index (χ1) is 7.13. The van der Waals surface area contributed by atoms with Crippen LogP contribution in [-0.4, -0.2) is 9.78 Å². The van der Waals surface area contributed by atoms with Crippen LogP contribution in [0.5, 0.6) is 0 Å². The Balaban J connectivity index is 2.74. The maximum atomic E-state index is 5.77. The summed E-state index contributed by atoms with van der Waals surface area (Å²) in [6.07, 6.45) is 0. The maximum Gasteiger partial charge on any atom is 0.0927 e. The Hall–Kier alpha value is -0.870. The number of benzene rings is 1. The topological polar surface area (TPSA) is 43.8 Å². The molecule has 2 rings (SSSR count). The molecule has 3 nitrogen and oxygen atoms in total. The van der Waals surface area contributed by atoms with Crippen LogP contribution in [0.4, 0.5) is 0 Å². The van der Waals surface area contributed by atoms with Crippen LogP contribution < -0.4 is 5.73 Å². The summed E-state index contributed by atoms with van der Waals surface area (Å²) in [4.78, 5) is 0. The molecular weight excluding hydrogens is 254 g/mol. The lowest BCUT2D eigenvalue weighted by Gasteiger charge is -2.08. The van der Waals surface area contributed by atoms with Gasteiger partial charge in [0.25, 0.3) is 0 Å². The molecule has 4 heteroatoms. The van der Waals surface area contributed by atoms with Gasteiger partial charge < -0.3 is 5.73 Å². The van der Waals surface area contributed by atoms with Crippen LogP contribution in [0.3, 0.4) is 0 Å². The van der Waals surface area contributed by atoms with Crippen molar-refractivity contribution in [2.24, 2.45) is 5.73 Å². The fraction of sp³-hybridized carbons (Fsp3) is 0.364. The molecule has 80 valence electrons. The molecule has 0 spiro atoms. The predicted molar refractivity (Wildman–Crippen MR) is 65.7 cm³/mol. The highest BCUT2D eigenvalue weighted by atomic mass is 79.9. The van der Waals surface area contributed by atoms with Gasteiger partial charge in [0.2, 0.25) is 0 Å². The van der Waals surface area contributed by atoms with Crippen molar-refractivity contribution in [3.8, 4) is 0 Å². The molecule has 0 saturated heterocycles. The van der Waals surface area contributed by atoms with Crippen molar-refractivity contribution in [3.05, 3.63) is 28.4 Å². The molecule has 0 radical (unpaired) electrons. The maximum absolute atomic E-state index is 5.77. The summed E-state index contributed by atoms with van der Waals surface area (Å²) in [6.45, 7) is 4.74. The van der Waals surface area contributed by atoms with Crippen LogP contribution >= 0.6 is 15.9 Å². The second-order valence-electron chi connectivity index (χ2n) is 3.85. The largest absolute Gasteiger partial charge is 0.325 e. The van der Waals surface area contributed by atoms with E-state index in [0.717, 1.165) is 21.1 Å². The Kier molecular flexibility index (Phi) is 2.80. The van der Waals surface area contributed by atoms with Crippen LogP contribution in [0.2, 0.25) is 0 Å². The third-order valence-electron chi connectivity index (χ3n) is 2.44. The Labute approximate surface area is 97.4 Å². The van der Waals surface area contributed by atoms with E-state index in [0.29, 0.717) is 12.6 Å². The summed E-state index contributed by atoms with van der Waals surface area (Å²) in [5.74, 6) is 0. The molecule has 0 unspecified atom stereocenters. The zero-order valence-electron chi connectivity index (χ0n) is 8.87. The summed E-state index contributed by atoms with van der Waals surface area (Å²) in [5, 5.41) is 5.68. The lowest BCUT2D eigenvalue weighted by Crippen LogP contribution is -2.10. The van der Waals surface area contributed by atoms with Crippen LogP contribution in [0.25, 0.3) is 10.9 Å². The van der Waals surface area contributed by atoms with Gasteiger partial charge in [-0.2, -0.15) is 5.10 Å². The minimum atomic E-state index is 0.342. The minimum absolute atomic E-state index is 0.342. The van der Waals surface area contributed by atoms with E-state index < -0.39 is 0 Å². The zero-order valence-corrected chi connectivity index (χ0v) is 10.5. The Morgan fingerprint density at radius 3 is 2.80 bits per heavy atom. The van der Waals surface area contributed by atoms with E-state index >= 15 is 0 Å². The molecule has 1 aromatic heterocycles. The molecule has 0 aliphatic carbocycles. The molecule has 0 bridgehead atoms. The first kappa shape index (κ1) is 10.6. The Morgan fingerprint density at radius 1 is 1.47 bits per heavy atom. The van der Waals surface area contributed by atoms with Gasteiger partial charge in [-0.3, -0.25) is 4.68 Å². The van der Waals surface area contributed by atoms with Crippen molar-refractivity contribution in [1.29, 1.82) is 0 Å². The van der Waals surface area contributed by atoms with Crippen molar-refractivity contribution < 1.29 is 0 Å². The van der Waals surface area contributed by atoms with Gasteiger partial charge in [0, 0.05) is 22.4 Å². The molecule has 2 aromatic rings. The van der Waals surface area contributed by atoms with Crippen LogP contribution in [-0.2, 0) is 6.54 Å². The first-order valence-electron chi connectivity index (χ1n) is 5.00. The molecule has 0 fully saturated rings. The van der Waals surface area contributed by atoms with Gasteiger partial charge in [0.1, 0.15) is 0 Å². The minimum Gasteiger partial charge on any atom is -0.325 e. The second-order valence-corrected chi connectivity index (χ2v) is 4.77. The molecule has 1 heterocycles. The SMILES string of the molecule is CC(C)n1nc2ccc(Br)cc2c1CN. The summed E-state index contributed by atoms with van der Waals surface area (Å²) in [5.41, 5.74) is 7.88. The lowest BCUT2D eigenvalue weighted by molar-refractivity contribution is 0.515. The van der Waals surface area contributed by atoms with Gasteiger partial charge in [-0.1, -0.05) is 15.9 Å². The van der Waals surface area contributed by atoms with Gasteiger partial charge in [-0.15, -0.1) is 0 Å². The van der Waals surface area contributed by atoms with E-state index in [1.165, 1.54) is 0 Å². The third-order valence-corrected chi connectivity index (χ3v) is 2.94. The number of aromatic nitrogens is 2. The van der Waals surface area contributed by atoms with E-state index in [4.69, 9.17) is 5.73 Å². The molecule has 2 N–H and O–H groups in total. The highest BCUT2D eigenvalue weighted by Gasteiger charge is 2.11. The fourth-order valence-corrected chi connectivity index (χ4v) is 2.12. The van der Waals surface area contributed by atoms with Crippen LogP contribution in [0.15, 0.2) is 22.7 Å². The number of hydrogen-bond donors (Lipinski definition) is 1. The van der Waals surface area contributed by atoms with Gasteiger partial charge in [0.05, 0.1) is 11.2 Å². The molecular formula is C11H14BrN3. The summed E-state index contributed by atoms with van der Waals surface area (Å²) in [6, 6.07) is 6.43. The normalized spacial score (nSPS) is 11.5. The van der Waals surface area contributed by atoms with Gasteiger partial charge in [-0.05, 0) is 32.0 Å². The smallest absolute Gasteiger partial charge is 0.0927 e. The highest BCUT2D eigenvalue weighted by molar-refractivity contribution is 9.10. The van der Waals surface area contributed by atoms with Crippen LogP contribution in [0, 0.1) is 0 Å². The molecule has 0 atom stereocenters. The summed E-state index contributed by atoms with van der Waals surface area (Å²) >= 11 is 3.46. The number of fused-ring (bicyclic) bond motifs is 1. The zero-order chi connectivity index (χ0) is 11.0. The molecule has 1 aromatic carbocycles. The van der Waals surface area contributed by atoms with Crippen LogP contribution in [0.1, 0.15) is 25.6 Å². The third kappa shape index (κ3) is 1.79. The molecule has 0 aliphatic rings. The van der Waals surface area contributed by atoms with E-state index in [9.17, 15) is 0 Å². The summed E-state index contributed by atoms with van der Waals surface area (Å²) < 4.78 is 3.06. The summed E-state index contributed by atoms with van der Waals surface area (Å²) in [7, 11) is 0. The van der Waals surface area contributed by atoms with E-state index in [1.54, 1.807) is 0 Å². The Morgan fingerprint density at radius 2 is 2.20 bits per heavy atom. The number of nitrogens with two attached hydrogens (primary N) is 1. The Bertz CT molecular complexity index is 488. The number of rotatable bonds is 2. The van der Waals surface area contributed by atoms with Crippen molar-refractivity contribution in [2.75, 3.05) is 0 Å². The van der Waals surface area contributed by atoms with Crippen molar-refractivity contribution >= 4 is 26.8 Å². The monoisotopic (exact) mass is 267 g/mol. The number of nitrogens with zero attached hydrogens (tertiary/aromatic N) is 2.